The number of anilines is 3. The van der Waals surface area contributed by atoms with Gasteiger partial charge in [0.2, 0.25) is 5.95 Å². The molecule has 26 heavy (non-hydrogen) atoms. The van der Waals surface area contributed by atoms with E-state index in [1.807, 2.05) is 19.1 Å². The minimum atomic E-state index is -0.310. The lowest BCUT2D eigenvalue weighted by molar-refractivity contribution is 0.602. The molecule has 3 rings (SSSR count). The lowest BCUT2D eigenvalue weighted by Gasteiger charge is -2.09. The standard InChI is InChI=1S/C16H14FN5S.C3H8/c1-10-8-15(22-16(18)20-10)21-11-2-3-14(13(17)9-11)23-12-4-6-19-7-5-12;1-3-2/h2-9H,1H3,(H3,18,20,21,22);3H2,1-2H3. The van der Waals surface area contributed by atoms with E-state index < -0.39 is 0 Å². The van der Waals surface area contributed by atoms with Crippen molar-refractivity contribution in [3.63, 3.8) is 0 Å². The zero-order valence-electron chi connectivity index (χ0n) is 15.0. The second-order valence-corrected chi connectivity index (χ2v) is 6.63. The van der Waals surface area contributed by atoms with Crippen LogP contribution >= 0.6 is 11.8 Å². The summed E-state index contributed by atoms with van der Waals surface area (Å²) in [6, 6.07) is 10.4. The highest BCUT2D eigenvalue weighted by atomic mass is 32.2. The molecule has 0 aliphatic rings. The predicted molar refractivity (Wildman–Crippen MR) is 105 cm³/mol. The second kappa shape index (κ2) is 9.72. The first-order valence-electron chi connectivity index (χ1n) is 8.27. The van der Waals surface area contributed by atoms with Gasteiger partial charge in [-0.2, -0.15) is 4.98 Å². The third kappa shape index (κ3) is 6.00. The molecule has 0 saturated heterocycles. The maximum atomic E-state index is 14.3. The highest BCUT2D eigenvalue weighted by Crippen LogP contribution is 2.31. The zero-order chi connectivity index (χ0) is 18.9. The van der Waals surface area contributed by atoms with Crippen molar-refractivity contribution in [1.82, 2.24) is 15.0 Å². The van der Waals surface area contributed by atoms with Gasteiger partial charge >= 0.3 is 0 Å². The fourth-order valence-corrected chi connectivity index (χ4v) is 2.80. The first-order chi connectivity index (χ1) is 12.5. The SMILES string of the molecule is CCC.Cc1cc(Nc2ccc(Sc3ccncc3)c(F)c2)nc(N)n1. The van der Waals surface area contributed by atoms with Crippen LogP contribution < -0.4 is 11.1 Å². The molecule has 0 unspecified atom stereocenters. The largest absolute Gasteiger partial charge is 0.368 e. The molecule has 0 aliphatic heterocycles. The molecule has 2 heterocycles. The molecule has 136 valence electrons. The molecule has 3 aromatic rings. The molecule has 0 atom stereocenters. The summed E-state index contributed by atoms with van der Waals surface area (Å²) in [5, 5.41) is 3.03. The van der Waals surface area contributed by atoms with Crippen LogP contribution in [-0.4, -0.2) is 15.0 Å². The molecule has 0 aliphatic carbocycles. The Labute approximate surface area is 157 Å². The van der Waals surface area contributed by atoms with Crippen LogP contribution in [0.4, 0.5) is 21.8 Å². The van der Waals surface area contributed by atoms with Gasteiger partial charge in [0.05, 0.1) is 0 Å². The van der Waals surface area contributed by atoms with E-state index in [0.717, 1.165) is 10.6 Å². The molecular formula is C19H22FN5S. The maximum Gasteiger partial charge on any atom is 0.222 e. The number of hydrogen-bond acceptors (Lipinski definition) is 6. The number of aromatic nitrogens is 3. The number of nitrogens with two attached hydrogens (primary N) is 1. The number of rotatable bonds is 4. The number of halogens is 1. The highest BCUT2D eigenvalue weighted by molar-refractivity contribution is 7.99. The first kappa shape index (κ1) is 19.7. The summed E-state index contributed by atoms with van der Waals surface area (Å²) < 4.78 is 14.3. The minimum absolute atomic E-state index is 0.179. The Morgan fingerprint density at radius 1 is 1.08 bits per heavy atom. The van der Waals surface area contributed by atoms with Crippen molar-refractivity contribution in [2.24, 2.45) is 0 Å². The molecule has 0 spiro atoms. The summed E-state index contributed by atoms with van der Waals surface area (Å²) >= 11 is 1.35. The Balaban J connectivity index is 0.000000758. The molecule has 0 saturated carbocycles. The number of hydrogen-bond donors (Lipinski definition) is 2. The van der Waals surface area contributed by atoms with Gasteiger partial charge in [-0.25, -0.2) is 9.37 Å². The van der Waals surface area contributed by atoms with E-state index in [9.17, 15) is 4.39 Å². The van der Waals surface area contributed by atoms with Gasteiger partial charge in [0.25, 0.3) is 0 Å². The molecule has 3 N–H and O–H groups in total. The number of nitrogen functional groups attached to an aromatic ring is 1. The van der Waals surface area contributed by atoms with Crippen molar-refractivity contribution in [3.05, 3.63) is 60.3 Å². The highest BCUT2D eigenvalue weighted by Gasteiger charge is 2.07. The predicted octanol–water partition coefficient (Wildman–Crippen LogP) is 5.21. The minimum Gasteiger partial charge on any atom is -0.368 e. The van der Waals surface area contributed by atoms with Gasteiger partial charge in [-0.15, -0.1) is 0 Å². The van der Waals surface area contributed by atoms with E-state index in [1.54, 1.807) is 30.6 Å². The van der Waals surface area contributed by atoms with E-state index in [4.69, 9.17) is 5.73 Å². The van der Waals surface area contributed by atoms with Gasteiger partial charge in [-0.05, 0) is 37.3 Å². The summed E-state index contributed by atoms with van der Waals surface area (Å²) in [4.78, 5) is 13.5. The van der Waals surface area contributed by atoms with Gasteiger partial charge < -0.3 is 11.1 Å². The maximum absolute atomic E-state index is 14.3. The Kier molecular flexibility index (Phi) is 7.35. The molecule has 2 aromatic heterocycles. The van der Waals surface area contributed by atoms with Crippen molar-refractivity contribution in [2.45, 2.75) is 37.0 Å². The Morgan fingerprint density at radius 2 is 1.77 bits per heavy atom. The molecule has 1 aromatic carbocycles. The second-order valence-electron chi connectivity index (χ2n) is 5.52. The van der Waals surface area contributed by atoms with Crippen LogP contribution in [0.15, 0.2) is 58.6 Å². The molecule has 0 fully saturated rings. The summed E-state index contributed by atoms with van der Waals surface area (Å²) in [6.45, 7) is 6.07. The van der Waals surface area contributed by atoms with Crippen molar-refractivity contribution < 1.29 is 4.39 Å². The average Bonchev–Trinajstić information content (AvgIpc) is 2.58. The molecule has 5 nitrogen and oxygen atoms in total. The fourth-order valence-electron chi connectivity index (χ4n) is 2.00. The van der Waals surface area contributed by atoms with Gasteiger partial charge in [0, 0.05) is 39.6 Å². The van der Waals surface area contributed by atoms with E-state index >= 15 is 0 Å². The lowest BCUT2D eigenvalue weighted by Crippen LogP contribution is -2.01. The Bertz CT molecular complexity index is 822. The van der Waals surface area contributed by atoms with Gasteiger partial charge in [-0.3, -0.25) is 4.98 Å². The zero-order valence-corrected chi connectivity index (χ0v) is 15.8. The summed E-state index contributed by atoms with van der Waals surface area (Å²) in [7, 11) is 0. The smallest absolute Gasteiger partial charge is 0.222 e. The Hall–Kier alpha value is -2.67. The number of nitrogens with zero attached hydrogens (tertiary/aromatic N) is 3. The third-order valence-corrected chi connectivity index (χ3v) is 4.01. The summed E-state index contributed by atoms with van der Waals surface area (Å²) in [5.74, 6) is 0.400. The molecule has 0 radical (unpaired) electrons. The van der Waals surface area contributed by atoms with E-state index in [-0.39, 0.29) is 11.8 Å². The van der Waals surface area contributed by atoms with Crippen LogP contribution in [0.25, 0.3) is 0 Å². The van der Waals surface area contributed by atoms with Crippen molar-refractivity contribution >= 4 is 29.2 Å². The van der Waals surface area contributed by atoms with E-state index in [2.05, 4.69) is 34.1 Å². The number of aryl methyl sites for hydroxylation is 1. The van der Waals surface area contributed by atoms with E-state index in [1.165, 1.54) is 24.2 Å². The van der Waals surface area contributed by atoms with Crippen LogP contribution in [0.5, 0.6) is 0 Å². The van der Waals surface area contributed by atoms with Gasteiger partial charge in [0.1, 0.15) is 11.6 Å². The third-order valence-electron chi connectivity index (χ3n) is 2.95. The van der Waals surface area contributed by atoms with Crippen LogP contribution in [0.1, 0.15) is 26.0 Å². The number of benzene rings is 1. The Morgan fingerprint density at radius 3 is 2.38 bits per heavy atom. The molecule has 0 bridgehead atoms. The van der Waals surface area contributed by atoms with Gasteiger partial charge in [0.15, 0.2) is 0 Å². The first-order valence-corrected chi connectivity index (χ1v) is 9.09. The lowest BCUT2D eigenvalue weighted by atomic mass is 10.3. The molecule has 0 amide bonds. The van der Waals surface area contributed by atoms with Crippen LogP contribution in [-0.2, 0) is 0 Å². The average molecular weight is 371 g/mol. The van der Waals surface area contributed by atoms with Crippen LogP contribution in [0, 0.1) is 12.7 Å². The van der Waals surface area contributed by atoms with Gasteiger partial charge in [-0.1, -0.05) is 32.0 Å². The monoisotopic (exact) mass is 371 g/mol. The van der Waals surface area contributed by atoms with E-state index in [0.29, 0.717) is 16.4 Å². The van der Waals surface area contributed by atoms with Crippen molar-refractivity contribution in [3.8, 4) is 0 Å². The summed E-state index contributed by atoms with van der Waals surface area (Å²) in [5.41, 5.74) is 6.95. The molecule has 7 heteroatoms. The van der Waals surface area contributed by atoms with Crippen LogP contribution in [0.3, 0.4) is 0 Å². The number of nitrogens with one attached hydrogen (secondary N) is 1. The van der Waals surface area contributed by atoms with Crippen molar-refractivity contribution in [1.29, 1.82) is 0 Å². The topological polar surface area (TPSA) is 76.7 Å². The normalized spacial score (nSPS) is 10.0. The molecular weight excluding hydrogens is 349 g/mol. The fraction of sp³-hybridized carbons (Fsp3) is 0.211. The van der Waals surface area contributed by atoms with Crippen LogP contribution in [0.2, 0.25) is 0 Å². The van der Waals surface area contributed by atoms with Crippen molar-refractivity contribution in [2.75, 3.05) is 11.1 Å². The summed E-state index contributed by atoms with van der Waals surface area (Å²) in [6.07, 6.45) is 4.61. The number of pyridine rings is 1. The quantitative estimate of drug-likeness (QED) is 0.655.